The van der Waals surface area contributed by atoms with Crippen molar-refractivity contribution in [2.45, 2.75) is 68.2 Å². The zero-order valence-electron chi connectivity index (χ0n) is 17.0. The molecule has 0 rings (SSSR count). The molecule has 0 fully saturated rings. The van der Waals surface area contributed by atoms with E-state index in [1.54, 1.807) is 13.1 Å². The normalized spacial score (nSPS) is 12.6. The molecule has 0 aliphatic carbocycles. The Morgan fingerprint density at radius 1 is 1.04 bits per heavy atom. The van der Waals surface area contributed by atoms with Gasteiger partial charge in [0.05, 0.1) is 11.4 Å². The number of allylic oxidation sites excluding steroid dienone is 6. The van der Waals surface area contributed by atoms with Crippen molar-refractivity contribution >= 4 is 11.4 Å². The van der Waals surface area contributed by atoms with Crippen molar-refractivity contribution in [3.8, 4) is 0 Å². The van der Waals surface area contributed by atoms with Crippen LogP contribution in [0.3, 0.4) is 0 Å². The highest BCUT2D eigenvalue weighted by molar-refractivity contribution is 6.01. The molecule has 0 aromatic heterocycles. The summed E-state index contributed by atoms with van der Waals surface area (Å²) >= 11 is 0. The minimum absolute atomic E-state index is 0.976. The Balaban J connectivity index is -0.000000414. The first-order chi connectivity index (χ1) is 10.7. The lowest BCUT2D eigenvalue weighted by molar-refractivity contribution is 1.09. The van der Waals surface area contributed by atoms with Crippen LogP contribution in [0, 0.1) is 0 Å². The average molecular weight is 319 g/mol. The topological polar surface area (TPSA) is 24.7 Å². The molecule has 0 aromatic carbocycles. The predicted molar refractivity (Wildman–Crippen MR) is 111 cm³/mol. The van der Waals surface area contributed by atoms with Crippen molar-refractivity contribution in [2.75, 3.05) is 7.05 Å². The van der Waals surface area contributed by atoms with Crippen molar-refractivity contribution in [3.05, 3.63) is 48.2 Å². The van der Waals surface area contributed by atoms with E-state index < -0.39 is 0 Å². The van der Waals surface area contributed by atoms with Crippen LogP contribution in [0.25, 0.3) is 0 Å². The van der Waals surface area contributed by atoms with Crippen LogP contribution in [0.5, 0.6) is 0 Å². The van der Waals surface area contributed by atoms with Gasteiger partial charge in [-0.15, -0.1) is 0 Å². The van der Waals surface area contributed by atoms with Gasteiger partial charge in [0, 0.05) is 12.8 Å². The first-order valence-corrected chi connectivity index (χ1v) is 8.34. The SMILES string of the molecule is C/C=C/C(C)=C(/N=C(C)CC)C(C)=NC.C=CC(=C)C.CCC. The number of hydrogen-bond donors (Lipinski definition) is 0. The molecule has 0 atom stereocenters. The minimum atomic E-state index is 0.976. The van der Waals surface area contributed by atoms with Crippen LogP contribution in [0.15, 0.2) is 58.2 Å². The standard InChI is InChI=1S/C13H22N2.C5H8.C3H8/c1-7-9-10(3)13(12(5)14-6)15-11(4)8-2;1-4-5(2)3;1-3-2/h7,9H,8H2,1-6H3;4H,1-2H2,3H3;3H2,1-2H3/b9-7+,13-10+,14-12?,15-11?;;. The van der Waals surface area contributed by atoms with Crippen LogP contribution < -0.4 is 0 Å². The van der Waals surface area contributed by atoms with Crippen LogP contribution in [0.1, 0.15) is 68.2 Å². The van der Waals surface area contributed by atoms with E-state index in [0.717, 1.165) is 34.7 Å². The van der Waals surface area contributed by atoms with Gasteiger partial charge < -0.3 is 0 Å². The Labute approximate surface area is 145 Å². The third-order valence-electron chi connectivity index (χ3n) is 2.63. The van der Waals surface area contributed by atoms with Crippen molar-refractivity contribution < 1.29 is 0 Å². The quantitative estimate of drug-likeness (QED) is 0.386. The van der Waals surface area contributed by atoms with E-state index >= 15 is 0 Å². The third kappa shape index (κ3) is 18.3. The fraction of sp³-hybridized carbons (Fsp3) is 0.524. The molecule has 23 heavy (non-hydrogen) atoms. The van der Waals surface area contributed by atoms with Gasteiger partial charge in [0.1, 0.15) is 0 Å². The van der Waals surface area contributed by atoms with Crippen LogP contribution >= 0.6 is 0 Å². The molecular weight excluding hydrogens is 280 g/mol. The molecule has 0 saturated carbocycles. The highest BCUT2D eigenvalue weighted by Crippen LogP contribution is 2.11. The molecule has 0 heterocycles. The summed E-state index contributed by atoms with van der Waals surface area (Å²) in [5.74, 6) is 0. The van der Waals surface area contributed by atoms with Gasteiger partial charge in [-0.3, -0.25) is 9.98 Å². The van der Waals surface area contributed by atoms with Gasteiger partial charge in [-0.25, -0.2) is 0 Å². The van der Waals surface area contributed by atoms with Gasteiger partial charge in [0.2, 0.25) is 0 Å². The second-order valence-electron chi connectivity index (χ2n) is 5.30. The Hall–Kier alpha value is -1.70. The van der Waals surface area contributed by atoms with E-state index in [2.05, 4.69) is 56.9 Å². The summed E-state index contributed by atoms with van der Waals surface area (Å²) in [6.07, 6.45) is 8.04. The molecular formula is C21H38N2. The molecule has 132 valence electrons. The fourth-order valence-electron chi connectivity index (χ4n) is 1.16. The van der Waals surface area contributed by atoms with Crippen LogP contribution in [0.2, 0.25) is 0 Å². The lowest BCUT2D eigenvalue weighted by Crippen LogP contribution is -2.01. The molecule has 0 aliphatic heterocycles. The molecule has 0 aromatic rings. The van der Waals surface area contributed by atoms with Gasteiger partial charge in [0.25, 0.3) is 0 Å². The second-order valence-corrected chi connectivity index (χ2v) is 5.30. The average Bonchev–Trinajstić information content (AvgIpc) is 2.52. The van der Waals surface area contributed by atoms with Gasteiger partial charge in [0.15, 0.2) is 0 Å². The van der Waals surface area contributed by atoms with E-state index in [4.69, 9.17) is 0 Å². The number of hydrogen-bond acceptors (Lipinski definition) is 2. The highest BCUT2D eigenvalue weighted by atomic mass is 14.8. The van der Waals surface area contributed by atoms with Crippen LogP contribution in [-0.4, -0.2) is 18.5 Å². The van der Waals surface area contributed by atoms with Crippen LogP contribution in [0.4, 0.5) is 0 Å². The third-order valence-corrected chi connectivity index (χ3v) is 2.63. The molecule has 0 radical (unpaired) electrons. The molecule has 0 aliphatic rings. The minimum Gasteiger partial charge on any atom is -0.291 e. The van der Waals surface area contributed by atoms with Crippen molar-refractivity contribution in [1.29, 1.82) is 0 Å². The first-order valence-electron chi connectivity index (χ1n) is 8.34. The fourth-order valence-corrected chi connectivity index (χ4v) is 1.16. The first kappa shape index (κ1) is 26.2. The lowest BCUT2D eigenvalue weighted by Gasteiger charge is -2.05. The van der Waals surface area contributed by atoms with E-state index in [9.17, 15) is 0 Å². The van der Waals surface area contributed by atoms with Gasteiger partial charge in [-0.2, -0.15) is 0 Å². The van der Waals surface area contributed by atoms with Crippen molar-refractivity contribution in [2.24, 2.45) is 9.98 Å². The van der Waals surface area contributed by atoms with E-state index in [1.807, 2.05) is 33.8 Å². The zero-order chi connectivity index (χ0) is 18.8. The Kier molecular flexibility index (Phi) is 20.9. The van der Waals surface area contributed by atoms with E-state index in [0.29, 0.717) is 0 Å². The molecule has 0 N–H and O–H groups in total. The smallest absolute Gasteiger partial charge is 0.0865 e. The summed E-state index contributed by atoms with van der Waals surface area (Å²) in [5, 5.41) is 0. The highest BCUT2D eigenvalue weighted by Gasteiger charge is 2.03. The maximum absolute atomic E-state index is 4.60. The second kappa shape index (κ2) is 18.3. The van der Waals surface area contributed by atoms with Crippen LogP contribution in [-0.2, 0) is 0 Å². The molecule has 2 nitrogen and oxygen atoms in total. The summed E-state index contributed by atoms with van der Waals surface area (Å²) in [6, 6.07) is 0. The zero-order valence-corrected chi connectivity index (χ0v) is 17.0. The largest absolute Gasteiger partial charge is 0.291 e. The molecule has 0 bridgehead atoms. The van der Waals surface area contributed by atoms with Gasteiger partial charge in [-0.05, 0) is 46.6 Å². The Morgan fingerprint density at radius 3 is 1.74 bits per heavy atom. The summed E-state index contributed by atoms with van der Waals surface area (Å²) in [7, 11) is 1.80. The lowest BCUT2D eigenvalue weighted by atomic mass is 10.1. The number of rotatable bonds is 5. The van der Waals surface area contributed by atoms with Gasteiger partial charge in [-0.1, -0.05) is 64.2 Å². The Morgan fingerprint density at radius 2 is 1.48 bits per heavy atom. The number of nitrogens with zero attached hydrogens (tertiary/aromatic N) is 2. The summed E-state index contributed by atoms with van der Waals surface area (Å²) in [4.78, 5) is 8.80. The summed E-state index contributed by atoms with van der Waals surface area (Å²) < 4.78 is 0. The monoisotopic (exact) mass is 318 g/mol. The molecule has 0 saturated heterocycles. The molecule has 2 heteroatoms. The van der Waals surface area contributed by atoms with Crippen molar-refractivity contribution in [3.63, 3.8) is 0 Å². The summed E-state index contributed by atoms with van der Waals surface area (Å²) in [6.45, 7) is 23.4. The predicted octanol–water partition coefficient (Wildman–Crippen LogP) is 6.96. The number of aliphatic imine (C=N–C) groups is 2. The summed E-state index contributed by atoms with van der Waals surface area (Å²) in [5.41, 5.74) is 5.30. The van der Waals surface area contributed by atoms with E-state index in [1.165, 1.54) is 6.42 Å². The van der Waals surface area contributed by atoms with Crippen molar-refractivity contribution in [1.82, 2.24) is 0 Å². The maximum Gasteiger partial charge on any atom is 0.0865 e. The maximum atomic E-state index is 4.60. The molecule has 0 unspecified atom stereocenters. The molecule has 0 amide bonds. The molecule has 0 spiro atoms. The van der Waals surface area contributed by atoms with E-state index in [-0.39, 0.29) is 0 Å². The van der Waals surface area contributed by atoms with Gasteiger partial charge >= 0.3 is 0 Å². The Bertz CT molecular complexity index is 446.